The Bertz CT molecular complexity index is 1130. The zero-order valence-electron chi connectivity index (χ0n) is 16.0. The molecule has 0 spiro atoms. The second-order valence-corrected chi connectivity index (χ2v) is 7.78. The molecule has 2 aromatic carbocycles. The molecule has 0 atom stereocenters. The smallest absolute Gasteiger partial charge is 0.246 e. The number of carboxylic acid groups (broad SMARTS) is 1. The molecule has 0 unspecified atom stereocenters. The zero-order valence-corrected chi connectivity index (χ0v) is 17.6. The fourth-order valence-electron chi connectivity index (χ4n) is 3.42. The van der Waals surface area contributed by atoms with Crippen LogP contribution in [0.2, 0.25) is 0 Å². The van der Waals surface area contributed by atoms with Crippen LogP contribution in [0.3, 0.4) is 0 Å². The second kappa shape index (κ2) is 8.62. The monoisotopic (exact) mass is 465 g/mol. The Morgan fingerprint density at radius 2 is 1.70 bits per heavy atom. The summed E-state index contributed by atoms with van der Waals surface area (Å²) < 4.78 is 0.959. The van der Waals surface area contributed by atoms with E-state index in [9.17, 15) is 14.7 Å². The van der Waals surface area contributed by atoms with Crippen LogP contribution < -0.4 is 10.0 Å². The summed E-state index contributed by atoms with van der Waals surface area (Å²) in [5.74, 6) is -1.11. The maximum absolute atomic E-state index is 12.1. The second-order valence-electron chi connectivity index (χ2n) is 6.86. The van der Waals surface area contributed by atoms with Crippen molar-refractivity contribution in [3.63, 3.8) is 0 Å². The molecule has 1 fully saturated rings. The molecule has 1 saturated heterocycles. The van der Waals surface area contributed by atoms with Gasteiger partial charge in [0, 0.05) is 47.7 Å². The molecule has 7 nitrogen and oxygen atoms in total. The maximum Gasteiger partial charge on any atom is 0.246 e. The van der Waals surface area contributed by atoms with Crippen LogP contribution in [0.25, 0.3) is 22.2 Å². The van der Waals surface area contributed by atoms with Crippen LogP contribution in [0.4, 0.5) is 5.95 Å². The highest BCUT2D eigenvalue weighted by Gasteiger charge is 2.22. The summed E-state index contributed by atoms with van der Waals surface area (Å²) in [4.78, 5) is 35.8. The minimum Gasteiger partial charge on any atom is -0.545 e. The minimum atomic E-state index is -1.38. The number of amides is 1. The molecule has 30 heavy (non-hydrogen) atoms. The Labute approximate surface area is 181 Å². The van der Waals surface area contributed by atoms with Crippen molar-refractivity contribution in [3.8, 4) is 11.3 Å². The normalized spacial score (nSPS) is 14.4. The number of fused-ring (bicyclic) bond motifs is 1. The number of hydrogen-bond acceptors (Lipinski definition) is 6. The molecule has 1 aliphatic rings. The Kier molecular flexibility index (Phi) is 5.76. The molecule has 1 amide bonds. The van der Waals surface area contributed by atoms with E-state index in [2.05, 4.69) is 15.9 Å². The summed E-state index contributed by atoms with van der Waals surface area (Å²) in [5, 5.41) is 11.5. The van der Waals surface area contributed by atoms with Crippen LogP contribution in [0.1, 0.15) is 0 Å². The van der Waals surface area contributed by atoms with Crippen LogP contribution in [-0.2, 0) is 9.59 Å². The van der Waals surface area contributed by atoms with E-state index in [4.69, 9.17) is 9.97 Å². The molecule has 8 heteroatoms. The van der Waals surface area contributed by atoms with Crippen molar-refractivity contribution in [3.05, 3.63) is 65.2 Å². The van der Waals surface area contributed by atoms with Crippen LogP contribution in [-0.4, -0.2) is 52.9 Å². The summed E-state index contributed by atoms with van der Waals surface area (Å²) in [7, 11) is 0. The average Bonchev–Trinajstić information content (AvgIpc) is 2.77. The van der Waals surface area contributed by atoms with Gasteiger partial charge in [-0.05, 0) is 24.3 Å². The third kappa shape index (κ3) is 4.33. The van der Waals surface area contributed by atoms with E-state index in [1.165, 1.54) is 0 Å². The van der Waals surface area contributed by atoms with Gasteiger partial charge in [0.1, 0.15) is 0 Å². The fourth-order valence-corrected chi connectivity index (χ4v) is 3.78. The minimum absolute atomic E-state index is 0.340. The van der Waals surface area contributed by atoms with Crippen molar-refractivity contribution in [2.75, 3.05) is 31.1 Å². The number of benzene rings is 2. The number of aromatic nitrogens is 2. The summed E-state index contributed by atoms with van der Waals surface area (Å²) in [6.07, 6.45) is 1.79. The molecule has 1 aliphatic heterocycles. The Morgan fingerprint density at radius 3 is 2.40 bits per heavy atom. The highest BCUT2D eigenvalue weighted by molar-refractivity contribution is 9.10. The SMILES string of the molecule is O=C([O-])/C=C\C(=O)N1CCN(c2nc(-c3ccccc3)c3cc(Br)ccc3n2)CC1. The van der Waals surface area contributed by atoms with E-state index < -0.39 is 5.97 Å². The summed E-state index contributed by atoms with van der Waals surface area (Å²) >= 11 is 3.53. The first kappa shape index (κ1) is 20.0. The van der Waals surface area contributed by atoms with Crippen LogP contribution >= 0.6 is 15.9 Å². The van der Waals surface area contributed by atoms with Gasteiger partial charge in [0.05, 0.1) is 17.2 Å². The number of nitrogens with zero attached hydrogens (tertiary/aromatic N) is 4. The summed E-state index contributed by atoms with van der Waals surface area (Å²) in [5.41, 5.74) is 2.70. The maximum atomic E-state index is 12.1. The van der Waals surface area contributed by atoms with E-state index in [-0.39, 0.29) is 5.91 Å². The molecule has 4 rings (SSSR count). The van der Waals surface area contributed by atoms with Gasteiger partial charge in [-0.2, -0.15) is 0 Å². The standard InChI is InChI=1S/C22H19BrN4O3/c23-16-6-7-18-17(14-16)21(15-4-2-1-3-5-15)25-22(24-18)27-12-10-26(11-13-27)19(28)8-9-20(29)30/h1-9,14H,10-13H2,(H,29,30)/p-1/b9-8-. The van der Waals surface area contributed by atoms with Gasteiger partial charge in [-0.1, -0.05) is 46.3 Å². The number of rotatable bonds is 4. The Morgan fingerprint density at radius 1 is 0.967 bits per heavy atom. The molecular weight excluding hydrogens is 448 g/mol. The predicted molar refractivity (Wildman–Crippen MR) is 116 cm³/mol. The van der Waals surface area contributed by atoms with E-state index >= 15 is 0 Å². The lowest BCUT2D eigenvalue weighted by molar-refractivity contribution is -0.297. The zero-order chi connectivity index (χ0) is 21.1. The van der Waals surface area contributed by atoms with Gasteiger partial charge in [0.15, 0.2) is 0 Å². The molecule has 0 N–H and O–H groups in total. The summed E-state index contributed by atoms with van der Waals surface area (Å²) in [6.45, 7) is 2.03. The molecule has 0 aliphatic carbocycles. The van der Waals surface area contributed by atoms with Crippen molar-refractivity contribution in [1.82, 2.24) is 14.9 Å². The first-order chi connectivity index (χ1) is 14.5. The van der Waals surface area contributed by atoms with E-state index in [0.717, 1.165) is 38.8 Å². The first-order valence-electron chi connectivity index (χ1n) is 9.47. The van der Waals surface area contributed by atoms with Crippen LogP contribution in [0, 0.1) is 0 Å². The number of aliphatic carboxylic acids is 1. The first-order valence-corrected chi connectivity index (χ1v) is 10.3. The third-order valence-electron chi connectivity index (χ3n) is 4.93. The molecule has 3 aromatic rings. The number of carbonyl (C=O) groups excluding carboxylic acids is 2. The number of carbonyl (C=O) groups is 2. The number of hydrogen-bond donors (Lipinski definition) is 0. The van der Waals surface area contributed by atoms with Crippen molar-refractivity contribution >= 4 is 44.7 Å². The number of anilines is 1. The van der Waals surface area contributed by atoms with Crippen LogP contribution in [0.15, 0.2) is 65.2 Å². The molecule has 0 radical (unpaired) electrons. The van der Waals surface area contributed by atoms with Crippen molar-refractivity contribution in [1.29, 1.82) is 0 Å². The highest BCUT2D eigenvalue weighted by Crippen LogP contribution is 2.30. The van der Waals surface area contributed by atoms with Gasteiger partial charge in [-0.15, -0.1) is 0 Å². The topological polar surface area (TPSA) is 89.5 Å². The third-order valence-corrected chi connectivity index (χ3v) is 5.42. The number of piperazine rings is 1. The van der Waals surface area contributed by atoms with E-state index in [1.54, 1.807) is 4.90 Å². The lowest BCUT2D eigenvalue weighted by Gasteiger charge is -2.34. The van der Waals surface area contributed by atoms with Gasteiger partial charge in [0.25, 0.3) is 0 Å². The Balaban J connectivity index is 1.62. The van der Waals surface area contributed by atoms with Crippen molar-refractivity contribution in [2.24, 2.45) is 0 Å². The average molecular weight is 466 g/mol. The highest BCUT2D eigenvalue weighted by atomic mass is 79.9. The summed E-state index contributed by atoms with van der Waals surface area (Å²) in [6, 6.07) is 15.9. The number of halogens is 1. The van der Waals surface area contributed by atoms with Crippen molar-refractivity contribution in [2.45, 2.75) is 0 Å². The Hall–Kier alpha value is -3.26. The lowest BCUT2D eigenvalue weighted by atomic mass is 10.1. The molecule has 152 valence electrons. The molecule has 2 heterocycles. The van der Waals surface area contributed by atoms with Gasteiger partial charge >= 0.3 is 0 Å². The predicted octanol–water partition coefficient (Wildman–Crippen LogP) is 2.01. The number of carboxylic acids is 1. The quantitative estimate of drug-likeness (QED) is 0.547. The van der Waals surface area contributed by atoms with E-state index in [0.29, 0.717) is 32.1 Å². The molecule has 0 bridgehead atoms. The van der Waals surface area contributed by atoms with Gasteiger partial charge in [-0.3, -0.25) is 4.79 Å². The molecule has 1 aromatic heterocycles. The van der Waals surface area contributed by atoms with E-state index in [1.807, 2.05) is 53.4 Å². The van der Waals surface area contributed by atoms with Crippen LogP contribution in [0.5, 0.6) is 0 Å². The van der Waals surface area contributed by atoms with Crippen molar-refractivity contribution < 1.29 is 14.7 Å². The molecule has 0 saturated carbocycles. The largest absolute Gasteiger partial charge is 0.545 e. The fraction of sp³-hybridized carbons (Fsp3) is 0.182. The van der Waals surface area contributed by atoms with Gasteiger partial charge in [-0.25, -0.2) is 9.97 Å². The van der Waals surface area contributed by atoms with Gasteiger partial charge in [0.2, 0.25) is 11.9 Å². The molecular formula is C22H18BrN4O3-. The van der Waals surface area contributed by atoms with Gasteiger partial charge < -0.3 is 19.7 Å². The lowest BCUT2D eigenvalue weighted by Crippen LogP contribution is -2.49.